The van der Waals surface area contributed by atoms with Gasteiger partial charge in [-0.25, -0.2) is 0 Å². The van der Waals surface area contributed by atoms with E-state index in [9.17, 15) is 9.59 Å². The third-order valence-corrected chi connectivity index (χ3v) is 3.58. The van der Waals surface area contributed by atoms with Crippen molar-refractivity contribution < 1.29 is 28.5 Å². The van der Waals surface area contributed by atoms with Crippen LogP contribution in [0.1, 0.15) is 48.0 Å². The Hall–Kier alpha value is -1.40. The largest absolute Gasteiger partial charge is 0.465 e. The topological polar surface area (TPSA) is 74.4 Å². The van der Waals surface area contributed by atoms with Gasteiger partial charge in [-0.2, -0.15) is 0 Å². The van der Waals surface area contributed by atoms with E-state index >= 15 is 0 Å². The minimum atomic E-state index is -0.600. The summed E-state index contributed by atoms with van der Waals surface area (Å²) in [4.78, 5) is 23.8. The molecule has 144 valence electrons. The van der Waals surface area contributed by atoms with E-state index in [-0.39, 0.29) is 24.6 Å². The molecule has 1 aliphatic rings. The summed E-state index contributed by atoms with van der Waals surface area (Å²) in [5.74, 6) is -0.552. The van der Waals surface area contributed by atoms with Gasteiger partial charge in [-0.1, -0.05) is 6.58 Å². The number of carbonyl (C=O) groups is 2. The highest BCUT2D eigenvalue weighted by Gasteiger charge is 2.41. The molecule has 3 atom stereocenters. The fourth-order valence-electron chi connectivity index (χ4n) is 1.87. The normalized spacial score (nSPS) is 19.7. The van der Waals surface area contributed by atoms with Crippen LogP contribution in [0.5, 0.6) is 0 Å². The van der Waals surface area contributed by atoms with Crippen LogP contribution in [-0.2, 0) is 28.5 Å². The maximum atomic E-state index is 12.1. The average molecular weight is 356 g/mol. The molecule has 1 rings (SSSR count). The molecular formula is C19H32O6. The van der Waals surface area contributed by atoms with Crippen molar-refractivity contribution in [3.63, 3.8) is 0 Å². The van der Waals surface area contributed by atoms with E-state index in [4.69, 9.17) is 18.9 Å². The Morgan fingerprint density at radius 1 is 1.12 bits per heavy atom. The second-order valence-electron chi connectivity index (χ2n) is 8.30. The van der Waals surface area contributed by atoms with Gasteiger partial charge < -0.3 is 18.9 Å². The number of hydrogen-bond donors (Lipinski definition) is 0. The molecule has 0 aromatic rings. The van der Waals surface area contributed by atoms with Gasteiger partial charge in [0.2, 0.25) is 0 Å². The fourth-order valence-corrected chi connectivity index (χ4v) is 1.87. The van der Waals surface area contributed by atoms with E-state index in [1.54, 1.807) is 26.8 Å². The summed E-state index contributed by atoms with van der Waals surface area (Å²) in [5.41, 5.74) is -1.11. The Balaban J connectivity index is 2.44. The highest BCUT2D eigenvalue weighted by molar-refractivity contribution is 5.76. The second-order valence-corrected chi connectivity index (χ2v) is 8.30. The summed E-state index contributed by atoms with van der Waals surface area (Å²) in [5, 5.41) is 0. The summed E-state index contributed by atoms with van der Waals surface area (Å²) in [6.07, 6.45) is 1.05. The molecule has 0 amide bonds. The van der Waals surface area contributed by atoms with Crippen LogP contribution in [0.2, 0.25) is 0 Å². The van der Waals surface area contributed by atoms with Crippen molar-refractivity contribution >= 4 is 11.9 Å². The Bertz CT molecular complexity index is 467. The van der Waals surface area contributed by atoms with Gasteiger partial charge >= 0.3 is 11.9 Å². The highest BCUT2D eigenvalue weighted by Crippen LogP contribution is 2.25. The smallest absolute Gasteiger partial charge is 0.311 e. The van der Waals surface area contributed by atoms with Gasteiger partial charge in [0, 0.05) is 6.42 Å². The van der Waals surface area contributed by atoms with Crippen LogP contribution in [0.4, 0.5) is 0 Å². The molecule has 0 spiro atoms. The number of rotatable bonds is 9. The predicted molar refractivity (Wildman–Crippen MR) is 94.0 cm³/mol. The Morgan fingerprint density at radius 2 is 1.68 bits per heavy atom. The van der Waals surface area contributed by atoms with Gasteiger partial charge in [-0.3, -0.25) is 9.59 Å². The molecule has 0 aliphatic carbocycles. The van der Waals surface area contributed by atoms with E-state index in [1.165, 1.54) is 0 Å². The van der Waals surface area contributed by atoms with E-state index in [0.717, 1.165) is 0 Å². The minimum Gasteiger partial charge on any atom is -0.465 e. The molecule has 6 heteroatoms. The minimum absolute atomic E-state index is 0.104. The summed E-state index contributed by atoms with van der Waals surface area (Å²) >= 11 is 0. The highest BCUT2D eigenvalue weighted by atomic mass is 16.6. The van der Waals surface area contributed by atoms with Crippen LogP contribution in [0.25, 0.3) is 0 Å². The van der Waals surface area contributed by atoms with Crippen LogP contribution >= 0.6 is 0 Å². The molecule has 25 heavy (non-hydrogen) atoms. The molecule has 3 unspecified atom stereocenters. The van der Waals surface area contributed by atoms with Gasteiger partial charge in [-0.05, 0) is 47.6 Å². The third-order valence-electron chi connectivity index (χ3n) is 3.58. The lowest BCUT2D eigenvalue weighted by Gasteiger charge is -2.27. The first kappa shape index (κ1) is 21.6. The average Bonchev–Trinajstić information content (AvgIpc) is 3.31. The first-order valence-electron chi connectivity index (χ1n) is 8.71. The zero-order chi connectivity index (χ0) is 19.3. The molecule has 6 nitrogen and oxygen atoms in total. The molecule has 0 N–H and O–H groups in total. The van der Waals surface area contributed by atoms with Crippen molar-refractivity contribution in [1.29, 1.82) is 0 Å². The number of esters is 2. The lowest BCUT2D eigenvalue weighted by atomic mass is 9.97. The van der Waals surface area contributed by atoms with Crippen molar-refractivity contribution in [3.8, 4) is 0 Å². The third kappa shape index (κ3) is 7.57. The quantitative estimate of drug-likeness (QED) is 0.274. The van der Waals surface area contributed by atoms with E-state index < -0.39 is 23.0 Å². The first-order chi connectivity index (χ1) is 11.5. The fraction of sp³-hybridized carbons (Fsp3) is 0.789. The van der Waals surface area contributed by atoms with Gasteiger partial charge in [0.15, 0.2) is 0 Å². The number of hydrogen-bond acceptors (Lipinski definition) is 6. The zero-order valence-electron chi connectivity index (χ0n) is 16.3. The molecule has 1 heterocycles. The van der Waals surface area contributed by atoms with Crippen molar-refractivity contribution in [3.05, 3.63) is 12.7 Å². The van der Waals surface area contributed by atoms with Crippen LogP contribution in [0.3, 0.4) is 0 Å². The van der Waals surface area contributed by atoms with Crippen LogP contribution in [-0.4, -0.2) is 50.1 Å². The van der Waals surface area contributed by atoms with Crippen molar-refractivity contribution in [2.24, 2.45) is 10.8 Å². The molecule has 0 aromatic carbocycles. The van der Waals surface area contributed by atoms with Crippen molar-refractivity contribution in [1.82, 2.24) is 0 Å². The van der Waals surface area contributed by atoms with E-state index in [0.29, 0.717) is 19.6 Å². The lowest BCUT2D eigenvalue weighted by molar-refractivity contribution is -0.164. The standard InChI is InChI=1S/C19H32O6/c1-8-13(25-17(21)19(5,6)7)15(14-12-24-14)22-10-9-11-23-16(20)18(2,3)4/h8,13-15H,1,9-12H2,2-7H3. The second kappa shape index (κ2) is 8.81. The Labute approximate surface area is 150 Å². The number of epoxide rings is 1. The van der Waals surface area contributed by atoms with Crippen LogP contribution in [0.15, 0.2) is 12.7 Å². The van der Waals surface area contributed by atoms with Gasteiger partial charge in [0.1, 0.15) is 18.3 Å². The zero-order valence-corrected chi connectivity index (χ0v) is 16.3. The summed E-state index contributed by atoms with van der Waals surface area (Å²) in [6.45, 7) is 15.8. The molecule has 0 bridgehead atoms. The molecule has 0 radical (unpaired) electrons. The van der Waals surface area contributed by atoms with Crippen molar-refractivity contribution in [2.45, 2.75) is 66.3 Å². The first-order valence-corrected chi connectivity index (χ1v) is 8.71. The lowest BCUT2D eigenvalue weighted by Crippen LogP contribution is -2.39. The Kier molecular flexibility index (Phi) is 7.62. The summed E-state index contributed by atoms with van der Waals surface area (Å²) < 4.78 is 21.9. The van der Waals surface area contributed by atoms with E-state index in [2.05, 4.69) is 6.58 Å². The summed E-state index contributed by atoms with van der Waals surface area (Å²) in [7, 11) is 0. The molecule has 0 aromatic heterocycles. The molecular weight excluding hydrogens is 324 g/mol. The van der Waals surface area contributed by atoms with Crippen molar-refractivity contribution in [2.75, 3.05) is 19.8 Å². The number of ether oxygens (including phenoxy) is 4. The van der Waals surface area contributed by atoms with Crippen LogP contribution in [0, 0.1) is 10.8 Å². The predicted octanol–water partition coefficient (Wildman–Crippen LogP) is 2.89. The monoisotopic (exact) mass is 356 g/mol. The molecule has 0 saturated carbocycles. The number of carbonyl (C=O) groups excluding carboxylic acids is 2. The molecule has 1 aliphatic heterocycles. The SMILES string of the molecule is C=CC(OC(=O)C(C)(C)C)C(OCCCOC(=O)C(C)(C)C)C1CO1. The maximum absolute atomic E-state index is 12.1. The van der Waals surface area contributed by atoms with Crippen LogP contribution < -0.4 is 0 Å². The molecule has 1 fully saturated rings. The molecule has 1 saturated heterocycles. The maximum Gasteiger partial charge on any atom is 0.311 e. The Morgan fingerprint density at radius 3 is 2.12 bits per heavy atom. The van der Waals surface area contributed by atoms with Gasteiger partial charge in [0.05, 0.1) is 30.7 Å². The summed E-state index contributed by atoms with van der Waals surface area (Å²) in [6, 6.07) is 0. The van der Waals surface area contributed by atoms with Gasteiger partial charge in [-0.15, -0.1) is 0 Å². The van der Waals surface area contributed by atoms with Gasteiger partial charge in [0.25, 0.3) is 0 Å². The van der Waals surface area contributed by atoms with E-state index in [1.807, 2.05) is 20.8 Å².